The fourth-order valence-corrected chi connectivity index (χ4v) is 3.49. The van der Waals surface area contributed by atoms with Crippen LogP contribution in [0.15, 0.2) is 18.2 Å². The molecule has 3 nitrogen and oxygen atoms in total. The second-order valence-corrected chi connectivity index (χ2v) is 6.18. The zero-order chi connectivity index (χ0) is 14.4. The van der Waals surface area contributed by atoms with E-state index < -0.39 is 0 Å². The van der Waals surface area contributed by atoms with E-state index in [1.54, 1.807) is 19.2 Å². The fraction of sp³-hybridized carbons (Fsp3) is 0.600. The van der Waals surface area contributed by atoms with Crippen LogP contribution in [0.5, 0.6) is 0 Å². The number of hydrogen-bond donors (Lipinski definition) is 1. The van der Waals surface area contributed by atoms with Gasteiger partial charge in [0.2, 0.25) is 0 Å². The Balaban J connectivity index is 2.13. The second kappa shape index (κ2) is 7.86. The van der Waals surface area contributed by atoms with Crippen LogP contribution in [-0.4, -0.2) is 44.4 Å². The van der Waals surface area contributed by atoms with Crippen molar-refractivity contribution in [3.05, 3.63) is 29.6 Å². The number of benzene rings is 1. The molecule has 0 saturated carbocycles. The van der Waals surface area contributed by atoms with Gasteiger partial charge in [0.05, 0.1) is 12.3 Å². The molecule has 0 spiro atoms. The molecule has 112 valence electrons. The van der Waals surface area contributed by atoms with Crippen LogP contribution in [-0.2, 0) is 11.3 Å². The van der Waals surface area contributed by atoms with Gasteiger partial charge in [-0.05, 0) is 18.6 Å². The van der Waals surface area contributed by atoms with Gasteiger partial charge in [0.1, 0.15) is 5.82 Å². The van der Waals surface area contributed by atoms with Crippen molar-refractivity contribution in [2.75, 3.05) is 43.2 Å². The number of hydrogen-bond acceptors (Lipinski definition) is 4. The molecule has 20 heavy (non-hydrogen) atoms. The van der Waals surface area contributed by atoms with Crippen molar-refractivity contribution in [1.82, 2.24) is 5.32 Å². The zero-order valence-electron chi connectivity index (χ0n) is 12.2. The predicted octanol–water partition coefficient (Wildman–Crippen LogP) is 2.50. The minimum atomic E-state index is -0.116. The van der Waals surface area contributed by atoms with E-state index in [1.165, 1.54) is 0 Å². The number of thioether (sulfide) groups is 1. The highest BCUT2D eigenvalue weighted by atomic mass is 32.2. The van der Waals surface area contributed by atoms with Gasteiger partial charge >= 0.3 is 0 Å². The van der Waals surface area contributed by atoms with Gasteiger partial charge < -0.3 is 15.0 Å². The average Bonchev–Trinajstić information content (AvgIpc) is 2.45. The average molecular weight is 298 g/mol. The molecule has 5 heteroatoms. The Bertz CT molecular complexity index is 430. The van der Waals surface area contributed by atoms with E-state index in [1.807, 2.05) is 17.8 Å². The van der Waals surface area contributed by atoms with E-state index >= 15 is 0 Å². The molecular weight excluding hydrogens is 275 g/mol. The van der Waals surface area contributed by atoms with E-state index in [4.69, 9.17) is 4.74 Å². The number of rotatable bonds is 6. The standard InChI is InChI=1S/C15H23FN2OS/c1-12-11-20-9-7-18(12)15-13(4-3-5-14(15)16)10-17-6-8-19-2/h3-5,12,17H,6-11H2,1-2H3. The molecule has 1 heterocycles. The number of ether oxygens (including phenoxy) is 1. The van der Waals surface area contributed by atoms with Crippen molar-refractivity contribution in [3.63, 3.8) is 0 Å². The quantitative estimate of drug-likeness (QED) is 0.816. The number of nitrogens with one attached hydrogen (secondary N) is 1. The molecule has 0 aromatic heterocycles. The maximum atomic E-state index is 14.3. The first kappa shape index (κ1) is 15.6. The van der Waals surface area contributed by atoms with Crippen LogP contribution in [0.25, 0.3) is 0 Å². The van der Waals surface area contributed by atoms with E-state index in [0.29, 0.717) is 19.2 Å². The molecule has 1 saturated heterocycles. The van der Waals surface area contributed by atoms with Gasteiger partial charge in [-0.3, -0.25) is 0 Å². The van der Waals surface area contributed by atoms with Crippen LogP contribution in [0, 0.1) is 5.82 Å². The zero-order valence-corrected chi connectivity index (χ0v) is 13.0. The van der Waals surface area contributed by atoms with E-state index in [-0.39, 0.29) is 5.82 Å². The highest BCUT2D eigenvalue weighted by Crippen LogP contribution is 2.29. The van der Waals surface area contributed by atoms with Crippen LogP contribution in [0.3, 0.4) is 0 Å². The number of para-hydroxylation sites is 1. The van der Waals surface area contributed by atoms with Crippen LogP contribution in [0.4, 0.5) is 10.1 Å². The monoisotopic (exact) mass is 298 g/mol. The number of methoxy groups -OCH3 is 1. The molecule has 0 bridgehead atoms. The van der Waals surface area contributed by atoms with Gasteiger partial charge in [-0.1, -0.05) is 12.1 Å². The first-order valence-corrected chi connectivity index (χ1v) is 8.21. The van der Waals surface area contributed by atoms with Crippen molar-refractivity contribution in [2.24, 2.45) is 0 Å². The first-order valence-electron chi connectivity index (χ1n) is 7.05. The molecule has 0 aliphatic carbocycles. The summed E-state index contributed by atoms with van der Waals surface area (Å²) < 4.78 is 19.3. The Kier molecular flexibility index (Phi) is 6.13. The van der Waals surface area contributed by atoms with Crippen molar-refractivity contribution in [2.45, 2.75) is 19.5 Å². The minimum absolute atomic E-state index is 0.116. The smallest absolute Gasteiger partial charge is 0.146 e. The Hall–Kier alpha value is -0.780. The first-order chi connectivity index (χ1) is 9.74. The lowest BCUT2D eigenvalue weighted by Crippen LogP contribution is -2.41. The molecule has 1 aliphatic rings. The summed E-state index contributed by atoms with van der Waals surface area (Å²) in [6, 6.07) is 5.73. The van der Waals surface area contributed by atoms with Gasteiger partial charge in [0, 0.05) is 44.3 Å². The van der Waals surface area contributed by atoms with Crippen LogP contribution in [0.2, 0.25) is 0 Å². The van der Waals surface area contributed by atoms with Crippen molar-refractivity contribution in [1.29, 1.82) is 0 Å². The number of anilines is 1. The molecule has 0 radical (unpaired) electrons. The topological polar surface area (TPSA) is 24.5 Å². The lowest BCUT2D eigenvalue weighted by Gasteiger charge is -2.36. The van der Waals surface area contributed by atoms with E-state index in [9.17, 15) is 4.39 Å². The van der Waals surface area contributed by atoms with Gasteiger partial charge in [0.25, 0.3) is 0 Å². The normalized spacial score (nSPS) is 19.4. The van der Waals surface area contributed by atoms with Crippen molar-refractivity contribution in [3.8, 4) is 0 Å². The maximum absolute atomic E-state index is 14.3. The Morgan fingerprint density at radius 2 is 2.35 bits per heavy atom. The Morgan fingerprint density at radius 3 is 3.10 bits per heavy atom. The number of nitrogens with zero attached hydrogens (tertiary/aromatic N) is 1. The van der Waals surface area contributed by atoms with E-state index in [0.717, 1.165) is 35.8 Å². The number of halogens is 1. The summed E-state index contributed by atoms with van der Waals surface area (Å²) in [5.41, 5.74) is 1.80. The lowest BCUT2D eigenvalue weighted by atomic mass is 10.1. The molecule has 1 aromatic carbocycles. The molecule has 1 aliphatic heterocycles. The summed E-state index contributed by atoms with van der Waals surface area (Å²) >= 11 is 1.94. The van der Waals surface area contributed by atoms with Gasteiger partial charge in [-0.2, -0.15) is 11.8 Å². The molecular formula is C15H23FN2OS. The minimum Gasteiger partial charge on any atom is -0.383 e. The van der Waals surface area contributed by atoms with Crippen LogP contribution >= 0.6 is 11.8 Å². The second-order valence-electron chi connectivity index (χ2n) is 5.03. The molecule has 1 unspecified atom stereocenters. The predicted molar refractivity (Wildman–Crippen MR) is 84.1 cm³/mol. The third kappa shape index (κ3) is 3.87. The summed E-state index contributed by atoms with van der Waals surface area (Å²) in [6.07, 6.45) is 0. The molecule has 1 N–H and O–H groups in total. The van der Waals surface area contributed by atoms with E-state index in [2.05, 4.69) is 17.1 Å². The SMILES string of the molecule is COCCNCc1cccc(F)c1N1CCSCC1C. The van der Waals surface area contributed by atoms with Crippen LogP contribution < -0.4 is 10.2 Å². The molecule has 1 aromatic rings. The van der Waals surface area contributed by atoms with Gasteiger partial charge in [-0.15, -0.1) is 0 Å². The van der Waals surface area contributed by atoms with Crippen LogP contribution in [0.1, 0.15) is 12.5 Å². The van der Waals surface area contributed by atoms with Crippen molar-refractivity contribution >= 4 is 17.4 Å². The highest BCUT2D eigenvalue weighted by Gasteiger charge is 2.23. The maximum Gasteiger partial charge on any atom is 0.146 e. The summed E-state index contributed by atoms with van der Waals surface area (Å²) in [5, 5.41) is 3.30. The summed E-state index contributed by atoms with van der Waals surface area (Å²) in [6.45, 7) is 5.20. The third-order valence-electron chi connectivity index (χ3n) is 3.52. The summed E-state index contributed by atoms with van der Waals surface area (Å²) in [5.74, 6) is 2.01. The summed E-state index contributed by atoms with van der Waals surface area (Å²) in [7, 11) is 1.68. The lowest BCUT2D eigenvalue weighted by molar-refractivity contribution is 0.199. The Labute approximate surface area is 124 Å². The summed E-state index contributed by atoms with van der Waals surface area (Å²) in [4.78, 5) is 2.21. The molecule has 2 rings (SSSR count). The van der Waals surface area contributed by atoms with Crippen molar-refractivity contribution < 1.29 is 9.13 Å². The largest absolute Gasteiger partial charge is 0.383 e. The molecule has 0 amide bonds. The Morgan fingerprint density at radius 1 is 1.50 bits per heavy atom. The van der Waals surface area contributed by atoms with Gasteiger partial charge in [-0.25, -0.2) is 4.39 Å². The van der Waals surface area contributed by atoms with Gasteiger partial charge in [0.15, 0.2) is 0 Å². The fourth-order valence-electron chi connectivity index (χ4n) is 2.48. The molecule has 1 atom stereocenters. The highest BCUT2D eigenvalue weighted by molar-refractivity contribution is 7.99. The third-order valence-corrected chi connectivity index (χ3v) is 4.71. The molecule has 1 fully saturated rings.